The third kappa shape index (κ3) is 3.72. The monoisotopic (exact) mass is 228 g/mol. The van der Waals surface area contributed by atoms with Crippen LogP contribution in [-0.2, 0) is 4.74 Å². The van der Waals surface area contributed by atoms with E-state index in [2.05, 4.69) is 51.6 Å². The first-order chi connectivity index (χ1) is 7.32. The maximum atomic E-state index is 5.97. The highest BCUT2D eigenvalue weighted by Gasteiger charge is 2.37. The zero-order valence-corrected chi connectivity index (χ0v) is 11.8. The molecule has 1 saturated heterocycles. The van der Waals surface area contributed by atoms with Crippen molar-refractivity contribution in [2.45, 2.75) is 51.8 Å². The van der Waals surface area contributed by atoms with Gasteiger partial charge in [-0.2, -0.15) is 0 Å². The molecule has 1 fully saturated rings. The van der Waals surface area contributed by atoms with Crippen molar-refractivity contribution in [1.82, 2.24) is 9.80 Å². The Balaban J connectivity index is 2.36. The van der Waals surface area contributed by atoms with Gasteiger partial charge in [0.05, 0.1) is 12.7 Å². The van der Waals surface area contributed by atoms with E-state index >= 15 is 0 Å². The van der Waals surface area contributed by atoms with Gasteiger partial charge in [0.25, 0.3) is 0 Å². The second kappa shape index (κ2) is 5.48. The Hall–Kier alpha value is -0.120. The van der Waals surface area contributed by atoms with Gasteiger partial charge in [-0.1, -0.05) is 0 Å². The molecule has 0 spiro atoms. The third-order valence-electron chi connectivity index (χ3n) is 3.42. The maximum Gasteiger partial charge on any atom is 0.0740 e. The first-order valence-electron chi connectivity index (χ1n) is 6.35. The minimum Gasteiger partial charge on any atom is -0.375 e. The molecule has 0 N–H and O–H groups in total. The van der Waals surface area contributed by atoms with Crippen LogP contribution >= 0.6 is 0 Å². The van der Waals surface area contributed by atoms with Crippen molar-refractivity contribution >= 4 is 0 Å². The minimum absolute atomic E-state index is 0.263. The van der Waals surface area contributed by atoms with Crippen LogP contribution in [0.5, 0.6) is 0 Å². The molecule has 0 saturated carbocycles. The fourth-order valence-electron chi connectivity index (χ4n) is 2.47. The van der Waals surface area contributed by atoms with E-state index < -0.39 is 0 Å². The normalized spacial score (nSPS) is 27.9. The first-order valence-corrected chi connectivity index (χ1v) is 6.35. The van der Waals surface area contributed by atoms with Crippen LogP contribution in [0.3, 0.4) is 0 Å². The van der Waals surface area contributed by atoms with Crippen molar-refractivity contribution in [3.05, 3.63) is 0 Å². The summed E-state index contributed by atoms with van der Waals surface area (Å²) in [6.45, 7) is 12.2. The lowest BCUT2D eigenvalue weighted by Crippen LogP contribution is -2.46. The molecule has 0 aromatic heterocycles. The Morgan fingerprint density at radius 2 is 1.94 bits per heavy atom. The van der Waals surface area contributed by atoms with Crippen molar-refractivity contribution in [1.29, 1.82) is 0 Å². The van der Waals surface area contributed by atoms with Crippen LogP contribution in [0.25, 0.3) is 0 Å². The lowest BCUT2D eigenvalue weighted by atomic mass is 10.0. The average Bonchev–Trinajstić information content (AvgIpc) is 2.46. The predicted octanol–water partition coefficient (Wildman–Crippen LogP) is 1.83. The second-order valence-corrected chi connectivity index (χ2v) is 6.11. The van der Waals surface area contributed by atoms with Gasteiger partial charge in [-0.25, -0.2) is 0 Å². The van der Waals surface area contributed by atoms with Gasteiger partial charge in [0.1, 0.15) is 0 Å². The molecule has 0 aromatic carbocycles. The van der Waals surface area contributed by atoms with Gasteiger partial charge in [-0.15, -0.1) is 0 Å². The molecule has 0 aromatic rings. The van der Waals surface area contributed by atoms with Crippen LogP contribution in [0.1, 0.15) is 34.1 Å². The predicted molar refractivity (Wildman–Crippen MR) is 68.8 cm³/mol. The van der Waals surface area contributed by atoms with Gasteiger partial charge >= 0.3 is 0 Å². The Labute approximate surface area is 101 Å². The number of rotatable bonds is 4. The Morgan fingerprint density at radius 1 is 1.31 bits per heavy atom. The Morgan fingerprint density at radius 3 is 2.38 bits per heavy atom. The molecule has 0 aliphatic carbocycles. The number of likely N-dealkylation sites (tertiary alicyclic amines) is 1. The van der Waals surface area contributed by atoms with E-state index in [0.29, 0.717) is 12.1 Å². The number of ether oxygens (including phenoxy) is 1. The molecule has 1 heterocycles. The largest absolute Gasteiger partial charge is 0.375 e. The van der Waals surface area contributed by atoms with Crippen molar-refractivity contribution < 1.29 is 4.74 Å². The molecule has 3 nitrogen and oxygen atoms in total. The van der Waals surface area contributed by atoms with E-state index in [1.807, 2.05) is 0 Å². The molecule has 96 valence electrons. The fraction of sp³-hybridized carbons (Fsp3) is 1.00. The van der Waals surface area contributed by atoms with E-state index in [1.165, 1.54) is 6.42 Å². The third-order valence-corrected chi connectivity index (χ3v) is 3.42. The van der Waals surface area contributed by atoms with Crippen LogP contribution in [0.2, 0.25) is 0 Å². The highest BCUT2D eigenvalue weighted by atomic mass is 16.5. The number of hydrogen-bond donors (Lipinski definition) is 0. The highest BCUT2D eigenvalue weighted by molar-refractivity contribution is 4.91. The van der Waals surface area contributed by atoms with Gasteiger partial charge in [-0.05, 0) is 48.2 Å². The average molecular weight is 228 g/mol. The zero-order chi connectivity index (χ0) is 12.3. The first kappa shape index (κ1) is 13.9. The van der Waals surface area contributed by atoms with Gasteiger partial charge in [-0.3, -0.25) is 4.90 Å². The quantitative estimate of drug-likeness (QED) is 0.730. The number of nitrogens with zero attached hydrogens (tertiary/aromatic N) is 2. The molecular formula is C13H28N2O. The van der Waals surface area contributed by atoms with Crippen LogP contribution in [-0.4, -0.2) is 61.3 Å². The molecule has 1 aliphatic rings. The SMILES string of the molecule is CC1[C@H](OCCN(C)C)CCN1C(C)(C)C. The van der Waals surface area contributed by atoms with E-state index in [9.17, 15) is 0 Å². The summed E-state index contributed by atoms with van der Waals surface area (Å²) < 4.78 is 5.97. The summed E-state index contributed by atoms with van der Waals surface area (Å²) in [6.07, 6.45) is 1.59. The van der Waals surface area contributed by atoms with Crippen LogP contribution in [0.4, 0.5) is 0 Å². The smallest absolute Gasteiger partial charge is 0.0740 e. The molecule has 0 radical (unpaired) electrons. The summed E-state index contributed by atoms with van der Waals surface area (Å²) >= 11 is 0. The summed E-state index contributed by atoms with van der Waals surface area (Å²) in [6, 6.07) is 0.544. The molecule has 16 heavy (non-hydrogen) atoms. The molecule has 0 bridgehead atoms. The molecular weight excluding hydrogens is 200 g/mol. The van der Waals surface area contributed by atoms with Crippen LogP contribution < -0.4 is 0 Å². The van der Waals surface area contributed by atoms with E-state index in [1.54, 1.807) is 0 Å². The van der Waals surface area contributed by atoms with Crippen molar-refractivity contribution in [2.24, 2.45) is 0 Å². The summed E-state index contributed by atoms with van der Waals surface area (Å²) in [7, 11) is 4.17. The van der Waals surface area contributed by atoms with E-state index in [-0.39, 0.29) is 5.54 Å². The fourth-order valence-corrected chi connectivity index (χ4v) is 2.47. The minimum atomic E-state index is 0.263. The molecule has 3 heteroatoms. The summed E-state index contributed by atoms with van der Waals surface area (Å²) in [5, 5.41) is 0. The molecule has 1 rings (SSSR count). The summed E-state index contributed by atoms with van der Waals surface area (Å²) in [5.41, 5.74) is 0.263. The molecule has 1 aliphatic heterocycles. The van der Waals surface area contributed by atoms with Gasteiger partial charge < -0.3 is 9.64 Å². The molecule has 2 atom stereocenters. The highest BCUT2D eigenvalue weighted by Crippen LogP contribution is 2.28. The lowest BCUT2D eigenvalue weighted by Gasteiger charge is -2.36. The zero-order valence-electron chi connectivity index (χ0n) is 11.8. The number of hydrogen-bond acceptors (Lipinski definition) is 3. The molecule has 1 unspecified atom stereocenters. The van der Waals surface area contributed by atoms with Crippen molar-refractivity contribution in [3.63, 3.8) is 0 Å². The maximum absolute atomic E-state index is 5.97. The lowest BCUT2D eigenvalue weighted by molar-refractivity contribution is 0.00953. The number of likely N-dealkylation sites (N-methyl/N-ethyl adjacent to an activating group) is 1. The van der Waals surface area contributed by atoms with E-state index in [4.69, 9.17) is 4.74 Å². The molecule has 0 amide bonds. The standard InChI is InChI=1S/C13H28N2O/c1-11-12(16-10-9-14(5)6)7-8-15(11)13(2,3)4/h11-12H,7-10H2,1-6H3/t11?,12-/m1/s1. The van der Waals surface area contributed by atoms with E-state index in [0.717, 1.165) is 19.7 Å². The Bertz CT molecular complexity index is 210. The van der Waals surface area contributed by atoms with Gasteiger partial charge in [0.2, 0.25) is 0 Å². The van der Waals surface area contributed by atoms with Crippen molar-refractivity contribution in [3.8, 4) is 0 Å². The Kier molecular flexibility index (Phi) is 4.77. The van der Waals surface area contributed by atoms with Gasteiger partial charge in [0.15, 0.2) is 0 Å². The van der Waals surface area contributed by atoms with Gasteiger partial charge in [0, 0.05) is 24.7 Å². The topological polar surface area (TPSA) is 15.7 Å². The van der Waals surface area contributed by atoms with Crippen LogP contribution in [0, 0.1) is 0 Å². The van der Waals surface area contributed by atoms with Crippen LogP contribution in [0.15, 0.2) is 0 Å². The summed E-state index contributed by atoms with van der Waals surface area (Å²) in [4.78, 5) is 4.72. The van der Waals surface area contributed by atoms with Crippen molar-refractivity contribution in [2.75, 3.05) is 33.8 Å². The summed E-state index contributed by atoms with van der Waals surface area (Å²) in [5.74, 6) is 0. The second-order valence-electron chi connectivity index (χ2n) is 6.11.